The Hall–Kier alpha value is -3.78. The van der Waals surface area contributed by atoms with Gasteiger partial charge in [-0.15, -0.1) is 0 Å². The Kier molecular flexibility index (Phi) is 4.44. The first-order chi connectivity index (χ1) is 14.9. The van der Waals surface area contributed by atoms with Gasteiger partial charge in [0, 0.05) is 16.5 Å². The second-order valence-electron chi connectivity index (χ2n) is 7.81. The van der Waals surface area contributed by atoms with Crippen LogP contribution in [0.3, 0.4) is 0 Å². The molecule has 1 fully saturated rings. The molecule has 2 aromatic heterocycles. The van der Waals surface area contributed by atoms with E-state index in [0.717, 1.165) is 5.39 Å². The minimum atomic E-state index is -0.666. The van der Waals surface area contributed by atoms with Gasteiger partial charge in [-0.2, -0.15) is 5.10 Å². The lowest BCUT2D eigenvalue weighted by molar-refractivity contribution is 0.0445. The van der Waals surface area contributed by atoms with Crippen LogP contribution in [0, 0.1) is 5.82 Å². The molecule has 7 nitrogen and oxygen atoms in total. The highest BCUT2D eigenvalue weighted by Crippen LogP contribution is 2.37. The Morgan fingerprint density at radius 2 is 1.87 bits per heavy atom. The molecule has 31 heavy (non-hydrogen) atoms. The van der Waals surface area contributed by atoms with Gasteiger partial charge >= 0.3 is 0 Å². The Morgan fingerprint density at radius 1 is 1.10 bits per heavy atom. The molecule has 0 atom stereocenters. The molecule has 156 valence electrons. The van der Waals surface area contributed by atoms with Crippen LogP contribution in [0.4, 0.5) is 10.2 Å². The second-order valence-corrected chi connectivity index (χ2v) is 7.81. The van der Waals surface area contributed by atoms with Gasteiger partial charge in [0.25, 0.3) is 5.91 Å². The van der Waals surface area contributed by atoms with Crippen LogP contribution in [-0.4, -0.2) is 31.9 Å². The summed E-state index contributed by atoms with van der Waals surface area (Å²) in [6.07, 6.45) is 0.666. The molecule has 5 N–H and O–H groups in total. The summed E-state index contributed by atoms with van der Waals surface area (Å²) < 4.78 is 15.2. The minimum Gasteiger partial charge on any atom is -0.393 e. The summed E-state index contributed by atoms with van der Waals surface area (Å²) in [6, 6.07) is 15.4. The SMILES string of the molecule is NC(=O)c1c(-c2ccc3ccc(-c4cccc(F)c4)nc3c2)nn(C2CC(O)C2)c1N. The quantitative estimate of drug-likeness (QED) is 0.471. The number of fused-ring (bicyclic) bond motifs is 1. The molecule has 1 aliphatic carbocycles. The highest BCUT2D eigenvalue weighted by Gasteiger charge is 2.33. The topological polar surface area (TPSA) is 120 Å². The third-order valence-corrected chi connectivity index (χ3v) is 5.71. The molecule has 0 saturated heterocycles. The zero-order valence-corrected chi connectivity index (χ0v) is 16.5. The number of pyridine rings is 1. The van der Waals surface area contributed by atoms with E-state index < -0.39 is 5.91 Å². The maximum absolute atomic E-state index is 13.6. The number of rotatable bonds is 4. The van der Waals surface area contributed by atoms with Crippen molar-refractivity contribution in [2.75, 3.05) is 5.73 Å². The number of hydrogen-bond donors (Lipinski definition) is 3. The van der Waals surface area contributed by atoms with Gasteiger partial charge in [-0.3, -0.25) is 4.79 Å². The van der Waals surface area contributed by atoms with Crippen LogP contribution < -0.4 is 11.5 Å². The van der Waals surface area contributed by atoms with Crippen LogP contribution in [0.2, 0.25) is 0 Å². The zero-order valence-electron chi connectivity index (χ0n) is 16.5. The van der Waals surface area contributed by atoms with Crippen LogP contribution in [0.15, 0.2) is 54.6 Å². The molecule has 1 aliphatic rings. The smallest absolute Gasteiger partial charge is 0.254 e. The van der Waals surface area contributed by atoms with E-state index >= 15 is 0 Å². The summed E-state index contributed by atoms with van der Waals surface area (Å²) in [7, 11) is 0. The lowest BCUT2D eigenvalue weighted by Gasteiger charge is -2.32. The normalized spacial score (nSPS) is 18.1. The molecule has 4 aromatic rings. The fourth-order valence-corrected chi connectivity index (χ4v) is 4.00. The maximum Gasteiger partial charge on any atom is 0.254 e. The average Bonchev–Trinajstić information content (AvgIpc) is 3.07. The number of nitrogens with zero attached hydrogens (tertiary/aromatic N) is 3. The first kappa shape index (κ1) is 19.2. The van der Waals surface area contributed by atoms with Crippen molar-refractivity contribution in [2.24, 2.45) is 5.73 Å². The van der Waals surface area contributed by atoms with E-state index in [-0.39, 0.29) is 29.3 Å². The van der Waals surface area contributed by atoms with E-state index in [4.69, 9.17) is 11.5 Å². The highest BCUT2D eigenvalue weighted by atomic mass is 19.1. The van der Waals surface area contributed by atoms with Crippen molar-refractivity contribution in [3.63, 3.8) is 0 Å². The van der Waals surface area contributed by atoms with Gasteiger partial charge in [-0.1, -0.05) is 30.3 Å². The number of nitrogens with two attached hydrogens (primary N) is 2. The number of aromatic nitrogens is 3. The number of nitrogen functional groups attached to an aromatic ring is 1. The van der Waals surface area contributed by atoms with Crippen LogP contribution in [0.25, 0.3) is 33.4 Å². The number of aliphatic hydroxyl groups excluding tert-OH is 1. The number of halogens is 1. The Balaban J connectivity index is 1.61. The lowest BCUT2D eigenvalue weighted by Crippen LogP contribution is -2.32. The molecule has 0 aliphatic heterocycles. The first-order valence-corrected chi connectivity index (χ1v) is 9.93. The fourth-order valence-electron chi connectivity index (χ4n) is 4.00. The first-order valence-electron chi connectivity index (χ1n) is 9.93. The maximum atomic E-state index is 13.6. The molecule has 1 amide bonds. The fraction of sp³-hybridized carbons (Fsp3) is 0.174. The molecule has 0 spiro atoms. The van der Waals surface area contributed by atoms with E-state index in [0.29, 0.717) is 40.9 Å². The molecule has 8 heteroatoms. The average molecular weight is 417 g/mol. The summed E-state index contributed by atoms with van der Waals surface area (Å²) in [5.41, 5.74) is 15.0. The van der Waals surface area contributed by atoms with Crippen LogP contribution in [-0.2, 0) is 0 Å². The summed E-state index contributed by atoms with van der Waals surface area (Å²) in [6.45, 7) is 0. The standard InChI is InChI=1S/C23H20FN5O2/c24-15-3-1-2-13(8-15)18-7-6-12-4-5-14(9-19(12)27-18)21-20(23(26)31)22(25)29(28-21)16-10-17(30)11-16/h1-9,16-17,30H,10-11,25H2,(H2,26,31). The molecule has 0 radical (unpaired) electrons. The van der Waals surface area contributed by atoms with Gasteiger partial charge in [-0.25, -0.2) is 14.1 Å². The van der Waals surface area contributed by atoms with E-state index in [1.165, 1.54) is 12.1 Å². The molecule has 0 bridgehead atoms. The molecular formula is C23H20FN5O2. The number of anilines is 1. The second kappa shape index (κ2) is 7.17. The third-order valence-electron chi connectivity index (χ3n) is 5.71. The van der Waals surface area contributed by atoms with Crippen LogP contribution in [0.5, 0.6) is 0 Å². The Labute approximate surface area is 177 Å². The van der Waals surface area contributed by atoms with Gasteiger partial charge in [0.15, 0.2) is 0 Å². The van der Waals surface area contributed by atoms with Gasteiger partial charge in [-0.05, 0) is 37.1 Å². The third kappa shape index (κ3) is 3.30. The van der Waals surface area contributed by atoms with Gasteiger partial charge in [0.2, 0.25) is 0 Å². The number of benzene rings is 2. The van der Waals surface area contributed by atoms with E-state index in [2.05, 4.69) is 10.1 Å². The van der Waals surface area contributed by atoms with E-state index in [1.807, 2.05) is 30.3 Å². The van der Waals surface area contributed by atoms with Crippen molar-refractivity contribution in [3.8, 4) is 22.5 Å². The van der Waals surface area contributed by atoms with Crippen molar-refractivity contribution in [3.05, 3.63) is 66.0 Å². The van der Waals surface area contributed by atoms with Crippen molar-refractivity contribution < 1.29 is 14.3 Å². The minimum absolute atomic E-state index is 0.0694. The molecule has 1 saturated carbocycles. The molecular weight excluding hydrogens is 397 g/mol. The van der Waals surface area contributed by atoms with Crippen LogP contribution in [0.1, 0.15) is 29.2 Å². The van der Waals surface area contributed by atoms with E-state index in [9.17, 15) is 14.3 Å². The number of carbonyl (C=O) groups is 1. The Morgan fingerprint density at radius 3 is 2.58 bits per heavy atom. The van der Waals surface area contributed by atoms with E-state index in [1.54, 1.807) is 16.8 Å². The van der Waals surface area contributed by atoms with Gasteiger partial charge in [0.1, 0.15) is 22.9 Å². The highest BCUT2D eigenvalue weighted by molar-refractivity contribution is 6.04. The number of amides is 1. The van der Waals surface area contributed by atoms with Crippen molar-refractivity contribution >= 4 is 22.6 Å². The zero-order chi connectivity index (χ0) is 21.7. The van der Waals surface area contributed by atoms with Gasteiger partial charge in [0.05, 0.1) is 23.4 Å². The molecule has 2 heterocycles. The largest absolute Gasteiger partial charge is 0.393 e. The molecule has 5 rings (SSSR count). The van der Waals surface area contributed by atoms with Crippen molar-refractivity contribution in [2.45, 2.75) is 25.0 Å². The molecule has 0 unspecified atom stereocenters. The van der Waals surface area contributed by atoms with Crippen LogP contribution >= 0.6 is 0 Å². The number of carbonyl (C=O) groups excluding carboxylic acids is 1. The predicted molar refractivity (Wildman–Crippen MR) is 116 cm³/mol. The summed E-state index contributed by atoms with van der Waals surface area (Å²) >= 11 is 0. The summed E-state index contributed by atoms with van der Waals surface area (Å²) in [5, 5.41) is 15.1. The van der Waals surface area contributed by atoms with Gasteiger partial charge < -0.3 is 16.6 Å². The summed E-state index contributed by atoms with van der Waals surface area (Å²) in [4.78, 5) is 16.8. The number of primary amides is 1. The molecule has 2 aromatic carbocycles. The monoisotopic (exact) mass is 417 g/mol. The number of hydrogen-bond acceptors (Lipinski definition) is 5. The number of aliphatic hydroxyl groups is 1. The predicted octanol–water partition coefficient (Wildman–Crippen LogP) is 3.28. The summed E-state index contributed by atoms with van der Waals surface area (Å²) in [5.74, 6) is -0.803. The van der Waals surface area contributed by atoms with Crippen molar-refractivity contribution in [1.82, 2.24) is 14.8 Å². The lowest BCUT2D eigenvalue weighted by atomic mass is 9.90. The Bertz CT molecular complexity index is 1330. The van der Waals surface area contributed by atoms with Crippen molar-refractivity contribution in [1.29, 1.82) is 0 Å².